The third-order valence-corrected chi connectivity index (χ3v) is 3.55. The second-order valence-electron chi connectivity index (χ2n) is 7.03. The van der Waals surface area contributed by atoms with E-state index in [-0.39, 0.29) is 19.1 Å². The molecule has 1 saturated heterocycles. The van der Waals surface area contributed by atoms with Crippen molar-refractivity contribution in [3.63, 3.8) is 0 Å². The zero-order valence-corrected chi connectivity index (χ0v) is 15.1. The predicted octanol–water partition coefficient (Wildman–Crippen LogP) is -0.790. The number of rotatable bonds is 4. The lowest BCUT2D eigenvalue weighted by atomic mass is 10.2. The molecule has 0 radical (unpaired) electrons. The maximum atomic E-state index is 12.1. The van der Waals surface area contributed by atoms with Gasteiger partial charge < -0.3 is 20.5 Å². The molecular weight excluding hydrogens is 312 g/mol. The number of esters is 1. The van der Waals surface area contributed by atoms with Crippen LogP contribution in [0.3, 0.4) is 0 Å². The van der Waals surface area contributed by atoms with Gasteiger partial charge in [-0.3, -0.25) is 19.4 Å². The van der Waals surface area contributed by atoms with Gasteiger partial charge in [0.15, 0.2) is 0 Å². The van der Waals surface area contributed by atoms with Gasteiger partial charge in [-0.25, -0.2) is 0 Å². The Morgan fingerprint density at radius 3 is 1.88 bits per heavy atom. The second-order valence-corrected chi connectivity index (χ2v) is 7.03. The van der Waals surface area contributed by atoms with Crippen molar-refractivity contribution in [1.29, 1.82) is 0 Å². The molecule has 1 aliphatic heterocycles. The largest absolute Gasteiger partial charge is 0.480 e. The molecule has 8 heteroatoms. The van der Waals surface area contributed by atoms with Crippen LogP contribution in [-0.2, 0) is 14.3 Å². The summed E-state index contributed by atoms with van der Waals surface area (Å²) < 4.78 is 5.39. The fraction of sp³-hybridized carbons (Fsp3) is 0.875. The topological polar surface area (TPSA) is 94.1 Å². The standard InChI is InChI=1S/C16H32N4O4/c1-16(2,3)24-15(23)13-20-9-7-18-5-4-17-6-8-19(10-11-20)12-14(21)22/h17-18H,4-13H2,1-3H3,(H,21,22). The van der Waals surface area contributed by atoms with Crippen molar-refractivity contribution in [3.8, 4) is 0 Å². The molecule has 0 aromatic carbocycles. The maximum absolute atomic E-state index is 12.1. The summed E-state index contributed by atoms with van der Waals surface area (Å²) in [7, 11) is 0. The van der Waals surface area contributed by atoms with Crippen molar-refractivity contribution in [2.24, 2.45) is 0 Å². The van der Waals surface area contributed by atoms with Gasteiger partial charge in [0.2, 0.25) is 0 Å². The molecule has 0 unspecified atom stereocenters. The Morgan fingerprint density at radius 2 is 1.42 bits per heavy atom. The Labute approximate surface area is 144 Å². The molecule has 0 aromatic heterocycles. The summed E-state index contributed by atoms with van der Waals surface area (Å²) in [4.78, 5) is 27.0. The molecule has 1 fully saturated rings. The number of hydrogen-bond acceptors (Lipinski definition) is 7. The molecule has 1 rings (SSSR count). The minimum Gasteiger partial charge on any atom is -0.480 e. The van der Waals surface area contributed by atoms with E-state index in [4.69, 9.17) is 9.84 Å². The highest BCUT2D eigenvalue weighted by Gasteiger charge is 2.20. The fourth-order valence-electron chi connectivity index (χ4n) is 2.47. The van der Waals surface area contributed by atoms with Gasteiger partial charge >= 0.3 is 11.9 Å². The molecule has 1 aliphatic rings. The van der Waals surface area contributed by atoms with Crippen LogP contribution in [-0.4, -0.2) is 97.9 Å². The maximum Gasteiger partial charge on any atom is 0.320 e. The summed E-state index contributed by atoms with van der Waals surface area (Å²) in [6, 6.07) is 0. The Kier molecular flexibility index (Phi) is 9.20. The molecule has 24 heavy (non-hydrogen) atoms. The third kappa shape index (κ3) is 10.5. The normalized spacial score (nSPS) is 20.0. The van der Waals surface area contributed by atoms with E-state index in [0.29, 0.717) is 19.6 Å². The van der Waals surface area contributed by atoms with Crippen LogP contribution in [0.25, 0.3) is 0 Å². The van der Waals surface area contributed by atoms with Crippen molar-refractivity contribution < 1.29 is 19.4 Å². The van der Waals surface area contributed by atoms with Crippen molar-refractivity contribution in [2.75, 3.05) is 65.4 Å². The summed E-state index contributed by atoms with van der Waals surface area (Å²) in [5.41, 5.74) is -0.497. The molecule has 0 bridgehead atoms. The highest BCUT2D eigenvalue weighted by Crippen LogP contribution is 2.07. The molecule has 8 nitrogen and oxygen atoms in total. The molecule has 0 aliphatic carbocycles. The zero-order valence-electron chi connectivity index (χ0n) is 15.1. The van der Waals surface area contributed by atoms with Crippen LogP contribution < -0.4 is 10.6 Å². The van der Waals surface area contributed by atoms with Crippen LogP contribution in [0.2, 0.25) is 0 Å². The van der Waals surface area contributed by atoms with Crippen LogP contribution in [0.5, 0.6) is 0 Å². The smallest absolute Gasteiger partial charge is 0.320 e. The first-order valence-electron chi connectivity index (χ1n) is 8.56. The average molecular weight is 344 g/mol. The van der Waals surface area contributed by atoms with Crippen molar-refractivity contribution in [2.45, 2.75) is 26.4 Å². The van der Waals surface area contributed by atoms with Gasteiger partial charge in [-0.15, -0.1) is 0 Å². The summed E-state index contributed by atoms with van der Waals surface area (Å²) >= 11 is 0. The fourth-order valence-corrected chi connectivity index (χ4v) is 2.47. The van der Waals surface area contributed by atoms with Gasteiger partial charge in [0, 0.05) is 52.4 Å². The molecule has 0 saturated carbocycles. The zero-order chi connectivity index (χ0) is 18.0. The van der Waals surface area contributed by atoms with Crippen LogP contribution in [0.1, 0.15) is 20.8 Å². The van der Waals surface area contributed by atoms with Crippen LogP contribution in [0, 0.1) is 0 Å². The number of carboxylic acids is 1. The van der Waals surface area contributed by atoms with Crippen LogP contribution in [0.15, 0.2) is 0 Å². The lowest BCUT2D eigenvalue weighted by Gasteiger charge is -2.28. The Hall–Kier alpha value is -1.22. The summed E-state index contributed by atoms with van der Waals surface area (Å²) in [6.07, 6.45) is 0. The number of carbonyl (C=O) groups is 2. The number of carboxylic acid groups (broad SMARTS) is 1. The highest BCUT2D eigenvalue weighted by molar-refractivity contribution is 5.72. The number of ether oxygens (including phenoxy) is 1. The molecule has 1 heterocycles. The van der Waals surface area contributed by atoms with E-state index in [2.05, 4.69) is 10.6 Å². The summed E-state index contributed by atoms with van der Waals surface area (Å²) in [6.45, 7) is 11.6. The lowest BCUT2D eigenvalue weighted by molar-refractivity contribution is -0.156. The van der Waals surface area contributed by atoms with Crippen molar-refractivity contribution in [1.82, 2.24) is 20.4 Å². The first-order chi connectivity index (χ1) is 11.3. The summed E-state index contributed by atoms with van der Waals surface area (Å²) in [5.74, 6) is -1.08. The van der Waals surface area contributed by atoms with E-state index < -0.39 is 11.6 Å². The highest BCUT2D eigenvalue weighted by atomic mass is 16.6. The second kappa shape index (κ2) is 10.6. The van der Waals surface area contributed by atoms with E-state index >= 15 is 0 Å². The Balaban J connectivity index is 2.58. The van der Waals surface area contributed by atoms with Gasteiger partial charge in [0.25, 0.3) is 0 Å². The minimum absolute atomic E-state index is 0.0141. The molecule has 140 valence electrons. The van der Waals surface area contributed by atoms with E-state index in [0.717, 1.165) is 32.7 Å². The van der Waals surface area contributed by atoms with E-state index in [1.807, 2.05) is 30.6 Å². The molecule has 0 atom stereocenters. The van der Waals surface area contributed by atoms with E-state index in [1.54, 1.807) is 0 Å². The SMILES string of the molecule is CC(C)(C)OC(=O)CN1CCNCCNCCN(CC(=O)O)CC1. The van der Waals surface area contributed by atoms with Gasteiger partial charge in [0.1, 0.15) is 5.60 Å². The molecule has 0 aromatic rings. The monoisotopic (exact) mass is 344 g/mol. The van der Waals surface area contributed by atoms with Crippen LogP contribution in [0.4, 0.5) is 0 Å². The predicted molar refractivity (Wildman–Crippen MR) is 92.1 cm³/mol. The van der Waals surface area contributed by atoms with Gasteiger partial charge in [-0.1, -0.05) is 0 Å². The number of nitrogens with one attached hydrogen (secondary N) is 2. The molecule has 3 N–H and O–H groups in total. The van der Waals surface area contributed by atoms with Gasteiger partial charge in [-0.05, 0) is 20.8 Å². The van der Waals surface area contributed by atoms with Crippen molar-refractivity contribution >= 4 is 11.9 Å². The first kappa shape index (κ1) is 20.8. The number of hydrogen-bond donors (Lipinski definition) is 3. The molecule has 0 spiro atoms. The average Bonchev–Trinajstić information content (AvgIpc) is 2.42. The number of aliphatic carboxylic acids is 1. The van der Waals surface area contributed by atoms with Gasteiger partial charge in [0.05, 0.1) is 13.1 Å². The van der Waals surface area contributed by atoms with Crippen molar-refractivity contribution in [3.05, 3.63) is 0 Å². The Bertz CT molecular complexity index is 398. The molecule has 0 amide bonds. The quantitative estimate of drug-likeness (QED) is 0.571. The van der Waals surface area contributed by atoms with E-state index in [9.17, 15) is 9.59 Å². The summed E-state index contributed by atoms with van der Waals surface area (Å²) in [5, 5.41) is 15.7. The molecular formula is C16H32N4O4. The first-order valence-corrected chi connectivity index (χ1v) is 8.56. The number of nitrogens with zero attached hydrogens (tertiary/aromatic N) is 2. The number of carbonyl (C=O) groups excluding carboxylic acids is 1. The lowest BCUT2D eigenvalue weighted by Crippen LogP contribution is -2.46. The van der Waals surface area contributed by atoms with Crippen LogP contribution >= 0.6 is 0 Å². The third-order valence-electron chi connectivity index (χ3n) is 3.55. The van der Waals surface area contributed by atoms with Gasteiger partial charge in [-0.2, -0.15) is 0 Å². The Morgan fingerprint density at radius 1 is 0.917 bits per heavy atom. The van der Waals surface area contributed by atoms with E-state index in [1.165, 1.54) is 0 Å². The minimum atomic E-state index is -0.831.